The summed E-state index contributed by atoms with van der Waals surface area (Å²) in [6.07, 6.45) is 1.81. The van der Waals surface area contributed by atoms with Crippen LogP contribution in [0.25, 0.3) is 0 Å². The van der Waals surface area contributed by atoms with E-state index in [4.69, 9.17) is 11.1 Å². The molecule has 1 unspecified atom stereocenters. The first kappa shape index (κ1) is 10.7. The van der Waals surface area contributed by atoms with Crippen LogP contribution in [0, 0.1) is 5.41 Å². The summed E-state index contributed by atoms with van der Waals surface area (Å²) in [4.78, 5) is 5.41. The Hall–Kier alpha value is -1.79. The quantitative estimate of drug-likeness (QED) is 0.594. The van der Waals surface area contributed by atoms with E-state index in [0.717, 1.165) is 6.42 Å². The van der Waals surface area contributed by atoms with E-state index in [2.05, 4.69) is 4.98 Å². The Bertz CT molecular complexity index is 446. The number of rotatable bonds is 1. The van der Waals surface area contributed by atoms with Crippen molar-refractivity contribution in [2.45, 2.75) is 19.0 Å². The molecule has 0 bridgehead atoms. The molecule has 1 saturated heterocycles. The van der Waals surface area contributed by atoms with Gasteiger partial charge in [0, 0.05) is 13.1 Å². The number of piperidine rings is 1. The number of anilines is 2. The second kappa shape index (κ2) is 3.99. The largest absolute Gasteiger partial charge is 0.423 e. The lowest BCUT2D eigenvalue weighted by atomic mass is 10.1. The van der Waals surface area contributed by atoms with Crippen LogP contribution in [0.3, 0.4) is 0 Å². The molecular weight excluding hydrogens is 213 g/mol. The van der Waals surface area contributed by atoms with Crippen molar-refractivity contribution < 1.29 is 9.60 Å². The minimum absolute atomic E-state index is 0.0223. The fourth-order valence-electron chi connectivity index (χ4n) is 1.85. The molecule has 2 rings (SSSR count). The molecule has 1 aliphatic heterocycles. The summed E-state index contributed by atoms with van der Waals surface area (Å²) in [5.74, 6) is 0.0223. The van der Waals surface area contributed by atoms with Crippen LogP contribution in [-0.4, -0.2) is 34.2 Å². The highest BCUT2D eigenvalue weighted by Gasteiger charge is 2.22. The van der Waals surface area contributed by atoms with E-state index in [-0.39, 0.29) is 18.0 Å². The highest BCUT2D eigenvalue weighted by atomic mass is 19.1. The van der Waals surface area contributed by atoms with Crippen LogP contribution < -0.4 is 16.3 Å². The number of hydrogen-bond donors (Lipinski definition) is 3. The molecule has 0 spiro atoms. The lowest BCUT2D eigenvalue weighted by molar-refractivity contribution is 0.171. The Kier molecular flexibility index (Phi) is 2.67. The van der Waals surface area contributed by atoms with Crippen molar-refractivity contribution in [1.82, 2.24) is 9.71 Å². The maximum absolute atomic E-state index is 13.2. The zero-order chi connectivity index (χ0) is 11.7. The summed E-state index contributed by atoms with van der Waals surface area (Å²) in [5.41, 5.74) is 5.78. The summed E-state index contributed by atoms with van der Waals surface area (Å²) >= 11 is 0. The average Bonchev–Trinajstić information content (AvgIpc) is 2.26. The molecule has 1 atom stereocenters. The van der Waals surface area contributed by atoms with Gasteiger partial charge in [-0.2, -0.15) is 0 Å². The van der Waals surface area contributed by atoms with Crippen molar-refractivity contribution in [3.05, 3.63) is 11.8 Å². The van der Waals surface area contributed by atoms with Gasteiger partial charge in [0.05, 0.1) is 11.9 Å². The molecule has 16 heavy (non-hydrogen) atoms. The van der Waals surface area contributed by atoms with Crippen LogP contribution >= 0.6 is 0 Å². The van der Waals surface area contributed by atoms with E-state index in [1.165, 1.54) is 6.20 Å². The van der Waals surface area contributed by atoms with Crippen LogP contribution in [0.2, 0.25) is 0 Å². The Morgan fingerprint density at radius 3 is 3.06 bits per heavy atom. The molecule has 1 aromatic rings. The number of halogens is 1. The van der Waals surface area contributed by atoms with Gasteiger partial charge in [0.2, 0.25) is 0 Å². The normalized spacial score (nSPS) is 21.1. The van der Waals surface area contributed by atoms with E-state index >= 15 is 0 Å². The third kappa shape index (κ3) is 1.80. The van der Waals surface area contributed by atoms with Gasteiger partial charge >= 0.3 is 0 Å². The van der Waals surface area contributed by atoms with Crippen LogP contribution in [-0.2, 0) is 0 Å². The number of nitrogens with zero attached hydrogens (tertiary/aromatic N) is 3. The van der Waals surface area contributed by atoms with Gasteiger partial charge < -0.3 is 15.8 Å². The Labute approximate surface area is 91.6 Å². The highest BCUT2D eigenvalue weighted by molar-refractivity contribution is 5.62. The van der Waals surface area contributed by atoms with Crippen LogP contribution in [0.4, 0.5) is 15.9 Å². The van der Waals surface area contributed by atoms with Gasteiger partial charge in [-0.15, -0.1) is 4.73 Å². The molecule has 0 aliphatic carbocycles. The van der Waals surface area contributed by atoms with Gasteiger partial charge in [-0.3, -0.25) is 5.41 Å². The summed E-state index contributed by atoms with van der Waals surface area (Å²) in [6.45, 7) is 0.937. The molecule has 0 aromatic carbocycles. The first-order chi connectivity index (χ1) is 7.59. The first-order valence-electron chi connectivity index (χ1n) is 5.10. The Morgan fingerprint density at radius 2 is 2.38 bits per heavy atom. The van der Waals surface area contributed by atoms with Gasteiger partial charge in [-0.05, 0) is 12.8 Å². The maximum Gasteiger partial charge on any atom is 0.257 e. The summed E-state index contributed by atoms with van der Waals surface area (Å²) in [7, 11) is 0. The second-order valence-corrected chi connectivity index (χ2v) is 3.85. The van der Waals surface area contributed by atoms with Gasteiger partial charge in [-0.25, -0.2) is 9.37 Å². The van der Waals surface area contributed by atoms with E-state index in [0.29, 0.717) is 23.4 Å². The molecule has 2 heterocycles. The minimum atomic E-state index is -0.879. The van der Waals surface area contributed by atoms with Gasteiger partial charge in [0.25, 0.3) is 5.62 Å². The standard InChI is InChI=1S/C9H14FN5O/c10-6-2-1-3-14(5-6)7-4-13-9(12)15(16)8(7)11/h4,6,12,16H,1-3,5,11H2. The third-order valence-corrected chi connectivity index (χ3v) is 2.70. The Balaban J connectivity index is 2.33. The fraction of sp³-hybridized carbons (Fsp3) is 0.556. The average molecular weight is 227 g/mol. The van der Waals surface area contributed by atoms with Crippen LogP contribution in [0.1, 0.15) is 12.8 Å². The lowest BCUT2D eigenvalue weighted by Gasteiger charge is -2.31. The predicted octanol–water partition coefficient (Wildman–Crippen LogP) is 0.120. The molecule has 1 fully saturated rings. The molecule has 0 radical (unpaired) electrons. The van der Waals surface area contributed by atoms with E-state index in [9.17, 15) is 9.60 Å². The molecule has 1 aromatic heterocycles. The predicted molar refractivity (Wildman–Crippen MR) is 56.0 cm³/mol. The molecule has 6 nitrogen and oxygen atoms in total. The Morgan fingerprint density at radius 1 is 1.62 bits per heavy atom. The fourth-order valence-corrected chi connectivity index (χ4v) is 1.85. The van der Waals surface area contributed by atoms with Crippen molar-refractivity contribution in [2.24, 2.45) is 0 Å². The van der Waals surface area contributed by atoms with E-state index in [1.54, 1.807) is 4.90 Å². The zero-order valence-electron chi connectivity index (χ0n) is 8.73. The van der Waals surface area contributed by atoms with Gasteiger partial charge in [0.1, 0.15) is 6.17 Å². The first-order valence-corrected chi connectivity index (χ1v) is 5.10. The SMILES string of the molecule is N=c1ncc(N2CCCC(F)C2)c(N)n1O. The number of nitrogens with one attached hydrogen (secondary N) is 1. The van der Waals surface area contributed by atoms with Crippen molar-refractivity contribution in [3.63, 3.8) is 0 Å². The summed E-state index contributed by atoms with van der Waals surface area (Å²) in [5, 5.41) is 16.6. The van der Waals surface area contributed by atoms with Crippen LogP contribution in [0.5, 0.6) is 0 Å². The molecule has 88 valence electrons. The molecule has 0 amide bonds. The van der Waals surface area contributed by atoms with Gasteiger partial charge in [0.15, 0.2) is 5.82 Å². The van der Waals surface area contributed by atoms with Gasteiger partial charge in [-0.1, -0.05) is 0 Å². The lowest BCUT2D eigenvalue weighted by Crippen LogP contribution is -2.38. The van der Waals surface area contributed by atoms with Crippen molar-refractivity contribution in [2.75, 3.05) is 23.7 Å². The van der Waals surface area contributed by atoms with E-state index < -0.39 is 6.17 Å². The molecule has 4 N–H and O–H groups in total. The van der Waals surface area contributed by atoms with E-state index in [1.807, 2.05) is 0 Å². The number of alkyl halides is 1. The molecule has 7 heteroatoms. The third-order valence-electron chi connectivity index (χ3n) is 2.70. The summed E-state index contributed by atoms with van der Waals surface area (Å²) in [6, 6.07) is 0. The summed E-state index contributed by atoms with van der Waals surface area (Å²) < 4.78 is 13.7. The highest BCUT2D eigenvalue weighted by Crippen LogP contribution is 2.24. The number of nitrogen functional groups attached to an aromatic ring is 1. The maximum atomic E-state index is 13.2. The molecule has 1 aliphatic rings. The molecule has 0 saturated carbocycles. The second-order valence-electron chi connectivity index (χ2n) is 3.85. The topological polar surface area (TPSA) is 91.2 Å². The molecular formula is C9H14FN5O. The monoisotopic (exact) mass is 227 g/mol. The number of hydrogen-bond acceptors (Lipinski definition) is 5. The number of aromatic nitrogens is 2. The van der Waals surface area contributed by atoms with Crippen molar-refractivity contribution >= 4 is 11.5 Å². The number of nitrogens with two attached hydrogens (primary N) is 1. The van der Waals surface area contributed by atoms with Crippen molar-refractivity contribution in [3.8, 4) is 0 Å². The minimum Gasteiger partial charge on any atom is -0.423 e. The zero-order valence-corrected chi connectivity index (χ0v) is 8.73. The smallest absolute Gasteiger partial charge is 0.257 e. The van der Waals surface area contributed by atoms with Crippen molar-refractivity contribution in [1.29, 1.82) is 5.41 Å². The van der Waals surface area contributed by atoms with Crippen LogP contribution in [0.15, 0.2) is 6.20 Å².